The number of carboxylic acids is 2. The van der Waals surface area contributed by atoms with Gasteiger partial charge in [0.05, 0.1) is 28.1 Å². The molecule has 206 valence electrons. The number of carbonyl (C=O) groups excluding carboxylic acids is 1. The Morgan fingerprint density at radius 2 is 1.39 bits per heavy atom. The van der Waals surface area contributed by atoms with Gasteiger partial charge in [0.2, 0.25) is 0 Å². The van der Waals surface area contributed by atoms with Gasteiger partial charge < -0.3 is 15.1 Å². The summed E-state index contributed by atoms with van der Waals surface area (Å²) in [5.74, 6) is -2.70. The summed E-state index contributed by atoms with van der Waals surface area (Å²) in [6, 6.07) is 17.3. The number of nitrogens with zero attached hydrogens (tertiary/aromatic N) is 4. The van der Waals surface area contributed by atoms with E-state index in [1.165, 1.54) is 53.1 Å². The van der Waals surface area contributed by atoms with Crippen LogP contribution >= 0.6 is 0 Å². The Labute approximate surface area is 234 Å². The van der Waals surface area contributed by atoms with Crippen molar-refractivity contribution in [1.82, 2.24) is 4.57 Å². The van der Waals surface area contributed by atoms with Crippen molar-refractivity contribution in [3.05, 3.63) is 121 Å². The molecule has 1 aromatic heterocycles. The average molecular weight is 551 g/mol. The van der Waals surface area contributed by atoms with E-state index >= 15 is 0 Å². The van der Waals surface area contributed by atoms with Gasteiger partial charge in [0.1, 0.15) is 0 Å². The predicted octanol–water partition coefficient (Wildman–Crippen LogP) is 2.94. The van der Waals surface area contributed by atoms with Crippen molar-refractivity contribution in [3.8, 4) is 5.69 Å². The molecule has 10 heteroatoms. The zero-order valence-corrected chi connectivity index (χ0v) is 22.7. The molecule has 0 unspecified atom stereocenters. The second kappa shape index (κ2) is 10.2. The van der Waals surface area contributed by atoms with Crippen molar-refractivity contribution in [2.75, 3.05) is 24.0 Å². The highest BCUT2D eigenvalue weighted by atomic mass is 16.4. The minimum atomic E-state index is -1.11. The van der Waals surface area contributed by atoms with Crippen molar-refractivity contribution in [3.63, 3.8) is 0 Å². The van der Waals surface area contributed by atoms with E-state index in [1.807, 2.05) is 44.1 Å². The van der Waals surface area contributed by atoms with Gasteiger partial charge in [0.15, 0.2) is 5.49 Å². The van der Waals surface area contributed by atoms with Gasteiger partial charge in [-0.3, -0.25) is 14.2 Å². The highest BCUT2D eigenvalue weighted by molar-refractivity contribution is 6.08. The molecule has 41 heavy (non-hydrogen) atoms. The van der Waals surface area contributed by atoms with E-state index in [2.05, 4.69) is 5.10 Å². The Bertz CT molecular complexity index is 1920. The third kappa shape index (κ3) is 4.76. The van der Waals surface area contributed by atoms with Crippen molar-refractivity contribution < 1.29 is 24.6 Å². The van der Waals surface area contributed by atoms with Crippen molar-refractivity contribution in [2.24, 2.45) is 5.10 Å². The molecule has 4 aromatic rings. The normalized spacial score (nSPS) is 12.7. The molecule has 1 amide bonds. The summed E-state index contributed by atoms with van der Waals surface area (Å²) in [4.78, 5) is 52.6. The van der Waals surface area contributed by atoms with Crippen LogP contribution in [-0.4, -0.2) is 46.7 Å². The number of amides is 1. The van der Waals surface area contributed by atoms with Gasteiger partial charge in [0, 0.05) is 25.0 Å². The number of aryl methyl sites for hydroxylation is 1. The highest BCUT2D eigenvalue weighted by Crippen LogP contribution is 2.22. The molecule has 0 saturated heterocycles. The first-order valence-corrected chi connectivity index (χ1v) is 12.6. The molecule has 0 aliphatic carbocycles. The summed E-state index contributed by atoms with van der Waals surface area (Å²) >= 11 is 0. The zero-order valence-electron chi connectivity index (χ0n) is 22.7. The van der Waals surface area contributed by atoms with Crippen LogP contribution in [0, 0.1) is 13.8 Å². The first-order chi connectivity index (χ1) is 19.5. The van der Waals surface area contributed by atoms with E-state index in [0.717, 1.165) is 21.8 Å². The van der Waals surface area contributed by atoms with Crippen LogP contribution in [0.4, 0.5) is 11.4 Å². The Kier molecular flexibility index (Phi) is 6.76. The topological polar surface area (TPSA) is 133 Å². The monoisotopic (exact) mass is 550 g/mol. The molecule has 0 saturated carbocycles. The van der Waals surface area contributed by atoms with Gasteiger partial charge in [-0.2, -0.15) is 5.01 Å². The maximum Gasteiger partial charge on any atom is 0.335 e. The van der Waals surface area contributed by atoms with Crippen molar-refractivity contribution in [2.45, 2.75) is 13.8 Å². The molecular weight excluding hydrogens is 524 g/mol. The van der Waals surface area contributed by atoms with Crippen LogP contribution in [0.5, 0.6) is 0 Å². The number of benzene rings is 3. The molecule has 2 heterocycles. The number of fused-ring (bicyclic) bond motifs is 1. The highest BCUT2D eigenvalue weighted by Gasteiger charge is 2.31. The Morgan fingerprint density at radius 3 is 1.90 bits per heavy atom. The molecule has 2 N–H and O–H groups in total. The van der Waals surface area contributed by atoms with Crippen LogP contribution in [0.15, 0.2) is 76.6 Å². The van der Waals surface area contributed by atoms with E-state index in [9.17, 15) is 29.4 Å². The first kappa shape index (κ1) is 27.1. The Hall–Kier alpha value is -5.51. The summed E-state index contributed by atoms with van der Waals surface area (Å²) in [7, 11) is 3.88. The van der Waals surface area contributed by atoms with E-state index in [-0.39, 0.29) is 22.2 Å². The lowest BCUT2D eigenvalue weighted by atomic mass is 10.0. The number of hydrogen-bond acceptors (Lipinski definition) is 6. The Balaban J connectivity index is 1.78. The molecule has 0 atom stereocenters. The van der Waals surface area contributed by atoms with E-state index in [1.54, 1.807) is 13.0 Å². The number of hydrogen-bond donors (Lipinski definition) is 2. The first-order valence-electron chi connectivity index (χ1n) is 12.6. The number of anilines is 2. The molecule has 1 aliphatic heterocycles. The average Bonchev–Trinajstić information content (AvgIpc) is 3.28. The minimum absolute atomic E-state index is 0.0436. The third-order valence-electron chi connectivity index (χ3n) is 7.05. The number of aromatic nitrogens is 1. The van der Waals surface area contributed by atoms with Crippen LogP contribution in [-0.2, 0) is 0 Å². The molecule has 0 fully saturated rings. The maximum atomic E-state index is 14.1. The minimum Gasteiger partial charge on any atom is -0.478 e. The fourth-order valence-corrected chi connectivity index (χ4v) is 4.73. The number of aromatic carboxylic acids is 2. The van der Waals surface area contributed by atoms with Crippen molar-refractivity contribution >= 4 is 35.3 Å². The van der Waals surface area contributed by atoms with Crippen LogP contribution in [0.1, 0.15) is 47.8 Å². The molecule has 5 rings (SSSR count). The van der Waals surface area contributed by atoms with Crippen LogP contribution in [0.3, 0.4) is 0 Å². The molecule has 0 radical (unpaired) electrons. The molecule has 1 aliphatic rings. The van der Waals surface area contributed by atoms with Gasteiger partial charge in [0.25, 0.3) is 11.5 Å². The SMILES string of the molecule is Cc1cc(N(C)C)ccc1/C=c1\c(C)c2c(n(-c3ccc(C(=O)O)cc3)c1=O)=NN(c1ccc(C(=O)O)cc1)C2=O. The maximum absolute atomic E-state index is 14.1. The van der Waals surface area contributed by atoms with Gasteiger partial charge >= 0.3 is 11.9 Å². The molecular formula is C31H26N4O6. The van der Waals surface area contributed by atoms with Crippen molar-refractivity contribution in [1.29, 1.82) is 0 Å². The largest absolute Gasteiger partial charge is 0.478 e. The lowest BCUT2D eigenvalue weighted by Gasteiger charge is -2.14. The van der Waals surface area contributed by atoms with E-state index in [0.29, 0.717) is 22.2 Å². The summed E-state index contributed by atoms with van der Waals surface area (Å²) in [5, 5.41) is 24.5. The standard InChI is InChI=1S/C31H26N4O6/c1-17-15-24(33(3)4)14-9-21(17)16-25-18(2)26-27(34(28(25)36)22-10-5-19(6-11-22)30(38)39)32-35(29(26)37)23-12-7-20(8-13-23)31(40)41/h5-16H,1-4H3,(H,38,39)(H,40,41)/b25-16+. The smallest absolute Gasteiger partial charge is 0.335 e. The van der Waals surface area contributed by atoms with Gasteiger partial charge in [-0.1, -0.05) is 6.07 Å². The molecule has 0 spiro atoms. The second-order valence-corrected chi connectivity index (χ2v) is 9.88. The number of carbonyl (C=O) groups is 3. The summed E-state index contributed by atoms with van der Waals surface area (Å²) in [5.41, 5.74) is 3.82. The second-order valence-electron chi connectivity index (χ2n) is 9.88. The fraction of sp³-hybridized carbons (Fsp3) is 0.129. The summed E-state index contributed by atoms with van der Waals surface area (Å²) in [6.07, 6.45) is 1.74. The summed E-state index contributed by atoms with van der Waals surface area (Å²) < 4.78 is 1.30. The van der Waals surface area contributed by atoms with Crippen LogP contribution in [0.2, 0.25) is 0 Å². The number of carboxylic acid groups (broad SMARTS) is 2. The molecule has 10 nitrogen and oxygen atoms in total. The van der Waals surface area contributed by atoms with E-state index in [4.69, 9.17) is 0 Å². The van der Waals surface area contributed by atoms with Crippen LogP contribution in [0.25, 0.3) is 11.8 Å². The van der Waals surface area contributed by atoms with E-state index < -0.39 is 23.4 Å². The zero-order chi connectivity index (χ0) is 29.6. The molecule has 0 bridgehead atoms. The third-order valence-corrected chi connectivity index (χ3v) is 7.05. The van der Waals surface area contributed by atoms with Gasteiger partial charge in [-0.15, -0.1) is 5.10 Å². The predicted molar refractivity (Wildman–Crippen MR) is 154 cm³/mol. The summed E-state index contributed by atoms with van der Waals surface area (Å²) in [6.45, 7) is 3.63. The lowest BCUT2D eigenvalue weighted by Crippen LogP contribution is -2.45. The van der Waals surface area contributed by atoms with Crippen LogP contribution < -0.4 is 26.2 Å². The molecule has 3 aromatic carbocycles. The van der Waals surface area contributed by atoms with Gasteiger partial charge in [-0.25, -0.2) is 9.59 Å². The van der Waals surface area contributed by atoms with Gasteiger partial charge in [-0.05, 0) is 97.3 Å². The quantitative estimate of drug-likeness (QED) is 0.377. The Morgan fingerprint density at radius 1 is 0.829 bits per heavy atom. The number of pyridine rings is 1. The fourth-order valence-electron chi connectivity index (χ4n) is 4.73. The lowest BCUT2D eigenvalue weighted by molar-refractivity contribution is 0.0686. The number of rotatable bonds is 6.